The summed E-state index contributed by atoms with van der Waals surface area (Å²) in [6, 6.07) is 66.4. The fourth-order valence-corrected chi connectivity index (χ4v) is 11.6. The van der Waals surface area contributed by atoms with Gasteiger partial charge >= 0.3 is 0 Å². The third kappa shape index (κ3) is 3.73. The van der Waals surface area contributed by atoms with Crippen LogP contribution in [-0.4, -0.2) is 0 Å². The molecule has 0 unspecified atom stereocenters. The Morgan fingerprint density at radius 3 is 1.65 bits per heavy atom. The zero-order chi connectivity index (χ0) is 35.8. The highest BCUT2D eigenvalue weighted by Crippen LogP contribution is 2.65. The van der Waals surface area contributed by atoms with Gasteiger partial charge in [0.1, 0.15) is 0 Å². The van der Waals surface area contributed by atoms with Gasteiger partial charge in [-0.05, 0) is 97.6 Å². The van der Waals surface area contributed by atoms with Crippen LogP contribution in [0.1, 0.15) is 47.2 Å². The van der Waals surface area contributed by atoms with Crippen LogP contribution in [0.2, 0.25) is 0 Å². The molecule has 1 nitrogen and oxygen atoms in total. The fraction of sp³-hybridized carbons (Fsp3) is 0.0769. The molecule has 0 fully saturated rings. The molecular formula is C52H35NS. The summed E-state index contributed by atoms with van der Waals surface area (Å²) in [4.78, 5) is 2.55. The average molecular weight is 706 g/mol. The van der Waals surface area contributed by atoms with E-state index < -0.39 is 5.41 Å². The predicted molar refractivity (Wildman–Crippen MR) is 228 cm³/mol. The van der Waals surface area contributed by atoms with Crippen LogP contribution in [0.25, 0.3) is 53.6 Å². The average Bonchev–Trinajstić information content (AvgIpc) is 3.90. The van der Waals surface area contributed by atoms with Gasteiger partial charge < -0.3 is 4.90 Å². The molecule has 0 bridgehead atoms. The highest BCUT2D eigenvalue weighted by Gasteiger charge is 2.52. The fourth-order valence-electron chi connectivity index (χ4n) is 10.4. The summed E-state index contributed by atoms with van der Waals surface area (Å²) in [6.07, 6.45) is 0. The molecule has 3 aliphatic carbocycles. The molecule has 8 aromatic carbocycles. The van der Waals surface area contributed by atoms with E-state index in [1.54, 1.807) is 0 Å². The van der Waals surface area contributed by atoms with Gasteiger partial charge in [0.05, 0.1) is 11.1 Å². The molecule has 2 heteroatoms. The van der Waals surface area contributed by atoms with Crippen LogP contribution in [-0.2, 0) is 10.8 Å². The maximum Gasteiger partial charge on any atom is 0.0726 e. The van der Waals surface area contributed by atoms with Gasteiger partial charge in [0, 0.05) is 42.5 Å². The summed E-state index contributed by atoms with van der Waals surface area (Å²) in [5.74, 6) is 0. The lowest BCUT2D eigenvalue weighted by Gasteiger charge is -2.32. The minimum atomic E-state index is -0.405. The van der Waals surface area contributed by atoms with Crippen LogP contribution in [0.5, 0.6) is 0 Å². The van der Waals surface area contributed by atoms with Crippen molar-refractivity contribution in [3.8, 4) is 33.4 Å². The maximum atomic E-state index is 2.55. The van der Waals surface area contributed by atoms with Crippen LogP contribution >= 0.6 is 11.3 Å². The van der Waals surface area contributed by atoms with Gasteiger partial charge in [-0.25, -0.2) is 0 Å². The quantitative estimate of drug-likeness (QED) is 0.177. The highest BCUT2D eigenvalue weighted by molar-refractivity contribution is 7.25. The number of nitrogens with zero attached hydrogens (tertiary/aromatic N) is 1. The van der Waals surface area contributed by atoms with Crippen molar-refractivity contribution in [2.24, 2.45) is 0 Å². The first-order valence-electron chi connectivity index (χ1n) is 18.9. The van der Waals surface area contributed by atoms with E-state index in [0.717, 1.165) is 0 Å². The lowest BCUT2D eigenvalue weighted by atomic mass is 9.70. The van der Waals surface area contributed by atoms with E-state index in [2.05, 4.69) is 195 Å². The zero-order valence-electron chi connectivity index (χ0n) is 30.1. The van der Waals surface area contributed by atoms with Crippen molar-refractivity contribution < 1.29 is 0 Å². The molecule has 1 aromatic heterocycles. The van der Waals surface area contributed by atoms with Gasteiger partial charge in [-0.2, -0.15) is 0 Å². The van der Waals surface area contributed by atoms with Gasteiger partial charge in [-0.3, -0.25) is 0 Å². The Balaban J connectivity index is 1.16. The van der Waals surface area contributed by atoms with E-state index >= 15 is 0 Å². The second-order valence-electron chi connectivity index (χ2n) is 15.6. The van der Waals surface area contributed by atoms with E-state index in [0.29, 0.717) is 0 Å². The lowest BCUT2D eigenvalue weighted by molar-refractivity contribution is 0.660. The molecule has 0 atom stereocenters. The summed E-state index contributed by atoms with van der Waals surface area (Å²) in [5, 5.41) is 2.63. The molecule has 1 spiro atoms. The Morgan fingerprint density at radius 1 is 0.389 bits per heavy atom. The van der Waals surface area contributed by atoms with E-state index in [-0.39, 0.29) is 5.41 Å². The van der Waals surface area contributed by atoms with Crippen LogP contribution in [0.3, 0.4) is 0 Å². The molecule has 3 aliphatic rings. The third-order valence-corrected chi connectivity index (χ3v) is 13.8. The number of anilines is 3. The number of hydrogen-bond donors (Lipinski definition) is 0. The molecule has 9 aromatic rings. The third-order valence-electron chi connectivity index (χ3n) is 12.7. The number of rotatable bonds is 3. The zero-order valence-corrected chi connectivity index (χ0v) is 30.9. The smallest absolute Gasteiger partial charge is 0.0726 e. The summed E-state index contributed by atoms with van der Waals surface area (Å²) in [5.41, 5.74) is 19.2. The molecule has 0 aliphatic heterocycles. The van der Waals surface area contributed by atoms with Crippen molar-refractivity contribution in [3.05, 3.63) is 209 Å². The van der Waals surface area contributed by atoms with Gasteiger partial charge in [0.25, 0.3) is 0 Å². The molecule has 0 saturated carbocycles. The Hall–Kier alpha value is -6.22. The standard InChI is InChI=1S/C52H35NS/c1-51(2)41-19-8-3-14-34(41)37-28-26-32(30-46(37)51)53(33-27-29-39-38-17-7-12-25-48(38)54-49(39)31-33)47-24-13-23-45-50(47)40-18-6-11-22-44(40)52(45)42-20-9-4-15-35(42)36-16-5-10-21-43(36)52/h3-31H,1-2H3. The van der Waals surface area contributed by atoms with Crippen molar-refractivity contribution in [1.82, 2.24) is 0 Å². The summed E-state index contributed by atoms with van der Waals surface area (Å²) >= 11 is 1.88. The second kappa shape index (κ2) is 10.7. The van der Waals surface area contributed by atoms with Gasteiger partial charge in [0.15, 0.2) is 0 Å². The molecule has 1 heterocycles. The molecule has 0 radical (unpaired) electrons. The van der Waals surface area contributed by atoms with Crippen molar-refractivity contribution >= 4 is 48.6 Å². The summed E-state index contributed by atoms with van der Waals surface area (Å²) in [7, 11) is 0. The highest BCUT2D eigenvalue weighted by atomic mass is 32.1. The molecule has 254 valence electrons. The van der Waals surface area contributed by atoms with Crippen molar-refractivity contribution in [3.63, 3.8) is 0 Å². The van der Waals surface area contributed by atoms with E-state index in [1.807, 2.05) is 11.3 Å². The molecule has 0 saturated heterocycles. The first-order valence-corrected chi connectivity index (χ1v) is 19.8. The predicted octanol–water partition coefficient (Wildman–Crippen LogP) is 14.2. The molecule has 0 N–H and O–H groups in total. The molecule has 12 rings (SSSR count). The van der Waals surface area contributed by atoms with Crippen molar-refractivity contribution in [2.75, 3.05) is 4.90 Å². The maximum absolute atomic E-state index is 2.55. The Kier molecular flexibility index (Phi) is 5.99. The second-order valence-corrected chi connectivity index (χ2v) is 16.7. The first-order chi connectivity index (χ1) is 26.5. The summed E-state index contributed by atoms with van der Waals surface area (Å²) in [6.45, 7) is 4.76. The topological polar surface area (TPSA) is 3.24 Å². The van der Waals surface area contributed by atoms with Crippen LogP contribution in [0, 0.1) is 0 Å². The molecule has 54 heavy (non-hydrogen) atoms. The van der Waals surface area contributed by atoms with Crippen LogP contribution in [0.4, 0.5) is 17.1 Å². The van der Waals surface area contributed by atoms with E-state index in [9.17, 15) is 0 Å². The normalized spacial score (nSPS) is 14.8. The Morgan fingerprint density at radius 2 is 0.907 bits per heavy atom. The van der Waals surface area contributed by atoms with Gasteiger partial charge in [-0.15, -0.1) is 11.3 Å². The Labute approximate surface area is 319 Å². The van der Waals surface area contributed by atoms with Gasteiger partial charge in [-0.1, -0.05) is 153 Å². The first kappa shape index (κ1) is 30.3. The summed E-state index contributed by atoms with van der Waals surface area (Å²) < 4.78 is 2.62. The minimum absolute atomic E-state index is 0.115. The Bertz CT molecular complexity index is 3010. The largest absolute Gasteiger partial charge is 0.310 e. The lowest BCUT2D eigenvalue weighted by Crippen LogP contribution is -2.26. The van der Waals surface area contributed by atoms with Crippen molar-refractivity contribution in [1.29, 1.82) is 0 Å². The van der Waals surface area contributed by atoms with E-state index in [1.165, 1.54) is 104 Å². The van der Waals surface area contributed by atoms with Crippen LogP contribution in [0.15, 0.2) is 176 Å². The molecule has 0 amide bonds. The SMILES string of the molecule is CC1(C)c2ccccc2-c2ccc(N(c3ccc4c(c3)sc3ccccc34)c3cccc4c3-c3ccccc3C43c4ccccc4-c4ccccc43)cc21. The number of benzene rings is 8. The number of thiophene rings is 1. The minimum Gasteiger partial charge on any atom is -0.310 e. The number of fused-ring (bicyclic) bond motifs is 16. The monoisotopic (exact) mass is 705 g/mol. The van der Waals surface area contributed by atoms with E-state index in [4.69, 9.17) is 0 Å². The van der Waals surface area contributed by atoms with Gasteiger partial charge in [0.2, 0.25) is 0 Å². The van der Waals surface area contributed by atoms with Crippen molar-refractivity contribution in [2.45, 2.75) is 24.7 Å². The number of hydrogen-bond acceptors (Lipinski definition) is 2. The molecular weight excluding hydrogens is 671 g/mol. The van der Waals surface area contributed by atoms with Crippen LogP contribution < -0.4 is 4.90 Å².